The molecular weight excluding hydrogens is 456 g/mol. The van der Waals surface area contributed by atoms with Crippen molar-refractivity contribution in [3.8, 4) is 11.3 Å². The molecule has 36 heavy (non-hydrogen) atoms. The van der Waals surface area contributed by atoms with Gasteiger partial charge in [0.15, 0.2) is 0 Å². The Labute approximate surface area is 209 Å². The molecule has 1 N–H and O–H groups in total. The lowest BCUT2D eigenvalue weighted by Gasteiger charge is -2.27. The third kappa shape index (κ3) is 4.74. The summed E-state index contributed by atoms with van der Waals surface area (Å²) < 4.78 is 12.6. The van der Waals surface area contributed by atoms with Gasteiger partial charge in [-0.05, 0) is 55.2 Å². The standard InChI is InChI=1S/C27H28N6O3/c1-35-26(34)19-4-7-21(8-5-19)29-25-15-22(30-27(31-25)32-10-12-36-13-11-32)20-6-9-24-23(14-20)28-17-33(24)16-18-2-3-18/h4-9,14-15,17-18H,2-3,10-13,16H2,1H3,(H,29,30,31). The van der Waals surface area contributed by atoms with E-state index in [0.717, 1.165) is 53.5 Å². The molecule has 1 saturated heterocycles. The maximum absolute atomic E-state index is 11.8. The highest BCUT2D eigenvalue weighted by Gasteiger charge is 2.22. The van der Waals surface area contributed by atoms with Crippen molar-refractivity contribution < 1.29 is 14.3 Å². The van der Waals surface area contributed by atoms with E-state index in [1.54, 1.807) is 12.1 Å². The molecule has 9 heteroatoms. The van der Waals surface area contributed by atoms with Crippen LogP contribution in [-0.2, 0) is 16.0 Å². The second kappa shape index (κ2) is 9.58. The van der Waals surface area contributed by atoms with Crippen molar-refractivity contribution in [1.82, 2.24) is 19.5 Å². The van der Waals surface area contributed by atoms with E-state index >= 15 is 0 Å². The summed E-state index contributed by atoms with van der Waals surface area (Å²) in [6.45, 7) is 3.81. The van der Waals surface area contributed by atoms with Crippen LogP contribution in [0.5, 0.6) is 0 Å². The zero-order valence-electron chi connectivity index (χ0n) is 20.2. The molecule has 2 aromatic carbocycles. The molecule has 1 saturated carbocycles. The zero-order valence-corrected chi connectivity index (χ0v) is 20.2. The Bertz CT molecular complexity index is 1390. The molecule has 3 heterocycles. The smallest absolute Gasteiger partial charge is 0.337 e. The Hall–Kier alpha value is -3.98. The van der Waals surface area contributed by atoms with Crippen LogP contribution >= 0.6 is 0 Å². The fourth-order valence-electron chi connectivity index (χ4n) is 4.45. The van der Waals surface area contributed by atoms with Crippen molar-refractivity contribution in [2.75, 3.05) is 43.6 Å². The molecule has 6 rings (SSSR count). The van der Waals surface area contributed by atoms with Gasteiger partial charge in [0, 0.05) is 37.0 Å². The van der Waals surface area contributed by atoms with Crippen molar-refractivity contribution in [3.63, 3.8) is 0 Å². The van der Waals surface area contributed by atoms with Crippen LogP contribution in [0.4, 0.5) is 17.5 Å². The average molecular weight is 485 g/mol. The van der Waals surface area contributed by atoms with Crippen molar-refractivity contribution in [2.45, 2.75) is 19.4 Å². The van der Waals surface area contributed by atoms with Gasteiger partial charge in [0.05, 0.1) is 48.9 Å². The predicted molar refractivity (Wildman–Crippen MR) is 138 cm³/mol. The van der Waals surface area contributed by atoms with Gasteiger partial charge < -0.3 is 24.3 Å². The van der Waals surface area contributed by atoms with Crippen LogP contribution < -0.4 is 10.2 Å². The van der Waals surface area contributed by atoms with Crippen LogP contribution in [0, 0.1) is 5.92 Å². The number of hydrogen-bond acceptors (Lipinski definition) is 8. The van der Waals surface area contributed by atoms with Crippen LogP contribution in [0.15, 0.2) is 54.9 Å². The molecule has 0 spiro atoms. The maximum atomic E-state index is 11.8. The molecule has 1 aliphatic heterocycles. The molecule has 0 unspecified atom stereocenters. The van der Waals surface area contributed by atoms with E-state index in [4.69, 9.17) is 19.4 Å². The van der Waals surface area contributed by atoms with Crippen LogP contribution in [-0.4, -0.2) is 58.9 Å². The fraction of sp³-hybridized carbons (Fsp3) is 0.333. The van der Waals surface area contributed by atoms with Crippen LogP contribution in [0.2, 0.25) is 0 Å². The molecule has 2 fully saturated rings. The molecule has 0 amide bonds. The lowest BCUT2D eigenvalue weighted by atomic mass is 10.1. The van der Waals surface area contributed by atoms with E-state index in [-0.39, 0.29) is 5.97 Å². The average Bonchev–Trinajstić information content (AvgIpc) is 3.66. The van der Waals surface area contributed by atoms with Gasteiger partial charge in [0.2, 0.25) is 5.95 Å². The number of methoxy groups -OCH3 is 1. The van der Waals surface area contributed by atoms with E-state index in [9.17, 15) is 4.79 Å². The number of nitrogens with one attached hydrogen (secondary N) is 1. The van der Waals surface area contributed by atoms with Gasteiger partial charge in [-0.3, -0.25) is 0 Å². The van der Waals surface area contributed by atoms with Gasteiger partial charge >= 0.3 is 5.97 Å². The predicted octanol–water partition coefficient (Wildman–Crippen LogP) is 4.27. The summed E-state index contributed by atoms with van der Waals surface area (Å²) >= 11 is 0. The van der Waals surface area contributed by atoms with Crippen LogP contribution in [0.1, 0.15) is 23.2 Å². The fourth-order valence-corrected chi connectivity index (χ4v) is 4.45. The van der Waals surface area contributed by atoms with E-state index in [2.05, 4.69) is 38.0 Å². The van der Waals surface area contributed by atoms with Crippen molar-refractivity contribution in [1.29, 1.82) is 0 Å². The molecule has 4 aromatic rings. The molecule has 9 nitrogen and oxygen atoms in total. The molecular formula is C27H28N6O3. The van der Waals surface area contributed by atoms with E-state index < -0.39 is 0 Å². The number of fused-ring (bicyclic) bond motifs is 1. The highest BCUT2D eigenvalue weighted by atomic mass is 16.5. The molecule has 2 aromatic heterocycles. The number of esters is 1. The lowest BCUT2D eigenvalue weighted by molar-refractivity contribution is 0.0600. The first-order valence-electron chi connectivity index (χ1n) is 12.3. The molecule has 0 atom stereocenters. The Kier molecular flexibility index (Phi) is 5.98. The number of anilines is 3. The van der Waals surface area contributed by atoms with E-state index in [1.165, 1.54) is 20.0 Å². The van der Waals surface area contributed by atoms with Crippen molar-refractivity contribution in [3.05, 3.63) is 60.4 Å². The third-order valence-electron chi connectivity index (χ3n) is 6.66. The van der Waals surface area contributed by atoms with Gasteiger partial charge in [-0.2, -0.15) is 4.98 Å². The SMILES string of the molecule is COC(=O)c1ccc(Nc2cc(-c3ccc4c(c3)ncn4CC3CC3)nc(N3CCOCC3)n2)cc1. The second-order valence-corrected chi connectivity index (χ2v) is 9.28. The minimum Gasteiger partial charge on any atom is -0.465 e. The molecule has 1 aliphatic carbocycles. The number of rotatable bonds is 7. The molecule has 184 valence electrons. The first-order chi connectivity index (χ1) is 17.7. The Morgan fingerprint density at radius 1 is 1.08 bits per heavy atom. The number of nitrogens with zero attached hydrogens (tertiary/aromatic N) is 5. The number of imidazole rings is 1. The number of carbonyl (C=O) groups excluding carboxylic acids is 1. The number of aromatic nitrogens is 4. The minimum atomic E-state index is -0.365. The third-order valence-corrected chi connectivity index (χ3v) is 6.66. The normalized spacial score (nSPS) is 15.8. The largest absolute Gasteiger partial charge is 0.465 e. The first kappa shape index (κ1) is 22.5. The van der Waals surface area contributed by atoms with E-state index in [1.807, 2.05) is 24.5 Å². The van der Waals surface area contributed by atoms with Gasteiger partial charge in [-0.1, -0.05) is 6.07 Å². The van der Waals surface area contributed by atoms with Crippen molar-refractivity contribution >= 4 is 34.5 Å². The van der Waals surface area contributed by atoms with Crippen LogP contribution in [0.3, 0.4) is 0 Å². The second-order valence-electron chi connectivity index (χ2n) is 9.28. The van der Waals surface area contributed by atoms with Gasteiger partial charge in [-0.25, -0.2) is 14.8 Å². The van der Waals surface area contributed by atoms with Gasteiger partial charge in [0.1, 0.15) is 5.82 Å². The Balaban J connectivity index is 1.33. The molecule has 0 bridgehead atoms. The van der Waals surface area contributed by atoms with Gasteiger partial charge in [-0.15, -0.1) is 0 Å². The topological polar surface area (TPSA) is 94.4 Å². The quantitative estimate of drug-likeness (QED) is 0.389. The Morgan fingerprint density at radius 2 is 1.89 bits per heavy atom. The number of carbonyl (C=O) groups is 1. The summed E-state index contributed by atoms with van der Waals surface area (Å²) in [5, 5.41) is 3.37. The van der Waals surface area contributed by atoms with E-state index in [0.29, 0.717) is 30.5 Å². The number of benzene rings is 2. The Morgan fingerprint density at radius 3 is 2.64 bits per heavy atom. The monoisotopic (exact) mass is 484 g/mol. The summed E-state index contributed by atoms with van der Waals surface area (Å²) in [6.07, 6.45) is 4.56. The molecule has 2 aliphatic rings. The summed E-state index contributed by atoms with van der Waals surface area (Å²) in [5.41, 5.74) is 5.23. The highest BCUT2D eigenvalue weighted by Crippen LogP contribution is 2.33. The highest BCUT2D eigenvalue weighted by molar-refractivity contribution is 5.89. The summed E-state index contributed by atoms with van der Waals surface area (Å²) in [7, 11) is 1.37. The zero-order chi connectivity index (χ0) is 24.5. The maximum Gasteiger partial charge on any atom is 0.337 e. The summed E-state index contributed by atoms with van der Waals surface area (Å²) in [4.78, 5) is 28.3. The van der Waals surface area contributed by atoms with Crippen molar-refractivity contribution in [2.24, 2.45) is 5.92 Å². The molecule has 0 radical (unpaired) electrons. The minimum absolute atomic E-state index is 0.365. The lowest BCUT2D eigenvalue weighted by Crippen LogP contribution is -2.37. The number of morpholine rings is 1. The van der Waals surface area contributed by atoms with Crippen LogP contribution in [0.25, 0.3) is 22.3 Å². The number of ether oxygens (including phenoxy) is 2. The number of hydrogen-bond donors (Lipinski definition) is 1. The first-order valence-corrected chi connectivity index (χ1v) is 12.3. The van der Waals surface area contributed by atoms with Gasteiger partial charge in [0.25, 0.3) is 0 Å². The summed E-state index contributed by atoms with van der Waals surface area (Å²) in [6, 6.07) is 15.4. The summed E-state index contributed by atoms with van der Waals surface area (Å²) in [5.74, 6) is 1.75.